The molecule has 0 amide bonds. The van der Waals surface area contributed by atoms with Gasteiger partial charge in [-0.2, -0.15) is 4.31 Å². The number of benzene rings is 2. The number of ether oxygens (including phenoxy) is 2. The zero-order valence-electron chi connectivity index (χ0n) is 14.5. The molecular weight excluding hydrogens is 358 g/mol. The van der Waals surface area contributed by atoms with E-state index in [-0.39, 0.29) is 6.54 Å². The minimum absolute atomic E-state index is 0.279. The fourth-order valence-electron chi connectivity index (χ4n) is 2.82. The van der Waals surface area contributed by atoms with Crippen molar-refractivity contribution in [2.45, 2.75) is 22.8 Å². The first-order chi connectivity index (χ1) is 12.0. The Morgan fingerprint density at radius 1 is 1.24 bits per heavy atom. The zero-order chi connectivity index (χ0) is 18.0. The number of methoxy groups -OCH3 is 1. The van der Waals surface area contributed by atoms with Crippen LogP contribution >= 0.6 is 11.8 Å². The van der Waals surface area contributed by atoms with Crippen molar-refractivity contribution >= 4 is 21.8 Å². The maximum Gasteiger partial charge on any atom is 0.243 e. The van der Waals surface area contributed by atoms with Gasteiger partial charge in [0.2, 0.25) is 10.0 Å². The van der Waals surface area contributed by atoms with E-state index in [1.165, 1.54) is 4.31 Å². The molecule has 3 rings (SSSR count). The van der Waals surface area contributed by atoms with Gasteiger partial charge in [0.25, 0.3) is 0 Å². The van der Waals surface area contributed by atoms with Crippen LogP contribution in [0.1, 0.15) is 11.1 Å². The van der Waals surface area contributed by atoms with Gasteiger partial charge in [-0.25, -0.2) is 8.42 Å². The van der Waals surface area contributed by atoms with Crippen LogP contribution in [0.3, 0.4) is 0 Å². The van der Waals surface area contributed by atoms with Crippen LogP contribution in [0, 0.1) is 0 Å². The minimum Gasteiger partial charge on any atom is -0.496 e. The molecule has 0 radical (unpaired) electrons. The summed E-state index contributed by atoms with van der Waals surface area (Å²) in [4.78, 5) is 1.32. The van der Waals surface area contributed by atoms with Gasteiger partial charge in [-0.1, -0.05) is 6.07 Å². The second kappa shape index (κ2) is 7.27. The van der Waals surface area contributed by atoms with E-state index in [4.69, 9.17) is 9.47 Å². The van der Waals surface area contributed by atoms with E-state index in [1.54, 1.807) is 44.1 Å². The van der Waals surface area contributed by atoms with E-state index in [2.05, 4.69) is 0 Å². The van der Waals surface area contributed by atoms with E-state index in [1.807, 2.05) is 24.5 Å². The van der Waals surface area contributed by atoms with Gasteiger partial charge in [0.15, 0.2) is 0 Å². The largest absolute Gasteiger partial charge is 0.496 e. The minimum atomic E-state index is -3.56. The van der Waals surface area contributed by atoms with Crippen molar-refractivity contribution in [3.05, 3.63) is 47.5 Å². The second-order valence-corrected chi connectivity index (χ2v) is 8.71. The molecule has 1 heterocycles. The van der Waals surface area contributed by atoms with Gasteiger partial charge < -0.3 is 9.47 Å². The molecule has 0 saturated heterocycles. The zero-order valence-corrected chi connectivity index (χ0v) is 16.1. The molecule has 0 aliphatic carbocycles. The van der Waals surface area contributed by atoms with Crippen LogP contribution in [0.2, 0.25) is 0 Å². The lowest BCUT2D eigenvalue weighted by atomic mass is 10.2. The van der Waals surface area contributed by atoms with Crippen molar-refractivity contribution in [2.75, 3.05) is 27.0 Å². The monoisotopic (exact) mass is 379 g/mol. The molecule has 0 fully saturated rings. The molecule has 0 saturated carbocycles. The van der Waals surface area contributed by atoms with Crippen LogP contribution in [0.25, 0.3) is 0 Å². The molecule has 7 heteroatoms. The van der Waals surface area contributed by atoms with Crippen molar-refractivity contribution in [3.63, 3.8) is 0 Å². The van der Waals surface area contributed by atoms with Gasteiger partial charge in [0, 0.05) is 24.9 Å². The molecule has 1 aliphatic heterocycles. The molecule has 0 spiro atoms. The summed E-state index contributed by atoms with van der Waals surface area (Å²) in [6, 6.07) is 10.8. The number of nitrogens with zero attached hydrogens (tertiary/aromatic N) is 1. The maximum atomic E-state index is 12.9. The second-order valence-electron chi connectivity index (χ2n) is 5.82. The predicted octanol–water partition coefficient (Wildman–Crippen LogP) is 3.17. The molecule has 1 aliphatic rings. The van der Waals surface area contributed by atoms with Crippen molar-refractivity contribution in [2.24, 2.45) is 0 Å². The Morgan fingerprint density at radius 2 is 2.04 bits per heavy atom. The predicted molar refractivity (Wildman–Crippen MR) is 99.1 cm³/mol. The van der Waals surface area contributed by atoms with Crippen LogP contribution < -0.4 is 9.47 Å². The summed E-state index contributed by atoms with van der Waals surface area (Å²) in [6.45, 7) is 0.886. The van der Waals surface area contributed by atoms with Gasteiger partial charge in [-0.05, 0) is 47.7 Å². The fourth-order valence-corrected chi connectivity index (χ4v) is 4.58. The third kappa shape index (κ3) is 3.63. The summed E-state index contributed by atoms with van der Waals surface area (Å²) in [7, 11) is -0.354. The molecule has 0 unspecified atom stereocenters. The van der Waals surface area contributed by atoms with Crippen molar-refractivity contribution in [1.29, 1.82) is 0 Å². The Morgan fingerprint density at radius 3 is 2.76 bits per heavy atom. The highest BCUT2D eigenvalue weighted by Gasteiger charge is 2.24. The average Bonchev–Trinajstić information content (AvgIpc) is 3.09. The number of fused-ring (bicyclic) bond motifs is 1. The van der Waals surface area contributed by atoms with Gasteiger partial charge in [0.05, 0.1) is 18.6 Å². The first-order valence-corrected chi connectivity index (χ1v) is 10.5. The van der Waals surface area contributed by atoms with Crippen LogP contribution in [0.5, 0.6) is 11.5 Å². The molecule has 134 valence electrons. The Balaban J connectivity index is 1.83. The first-order valence-electron chi connectivity index (χ1n) is 7.88. The quantitative estimate of drug-likeness (QED) is 0.722. The first kappa shape index (κ1) is 18.1. The normalized spacial score (nSPS) is 13.6. The number of hydrogen-bond donors (Lipinski definition) is 0. The summed E-state index contributed by atoms with van der Waals surface area (Å²) >= 11 is 1.59. The Kier molecular flexibility index (Phi) is 5.27. The third-order valence-electron chi connectivity index (χ3n) is 4.22. The molecule has 0 atom stereocenters. The SMILES string of the molecule is COc1cc(CN(C)S(=O)(=O)c2ccc3c(c2)CCO3)ccc1SC. The van der Waals surface area contributed by atoms with Gasteiger partial charge in [-0.15, -0.1) is 11.8 Å². The Labute approximate surface area is 153 Å². The molecule has 5 nitrogen and oxygen atoms in total. The molecule has 0 N–H and O–H groups in total. The lowest BCUT2D eigenvalue weighted by Gasteiger charge is -2.18. The standard InChI is InChI=1S/C18H21NO4S2/c1-19(12-13-4-7-18(24-3)17(10-13)22-2)25(20,21)15-5-6-16-14(11-15)8-9-23-16/h4-7,10-11H,8-9,12H2,1-3H3. The van der Waals surface area contributed by atoms with Crippen LogP contribution in [0.15, 0.2) is 46.2 Å². The molecular formula is C18H21NO4S2. The Hall–Kier alpha value is -1.70. The van der Waals surface area contributed by atoms with Crippen LogP contribution in [-0.4, -0.2) is 39.7 Å². The van der Waals surface area contributed by atoms with Gasteiger partial charge in [0.1, 0.15) is 11.5 Å². The molecule has 0 bridgehead atoms. The summed E-state index contributed by atoms with van der Waals surface area (Å²) < 4.78 is 37.9. The summed E-state index contributed by atoms with van der Waals surface area (Å²) in [6.07, 6.45) is 2.72. The lowest BCUT2D eigenvalue weighted by molar-refractivity contribution is 0.356. The summed E-state index contributed by atoms with van der Waals surface area (Å²) in [5.41, 5.74) is 1.82. The molecule has 0 aromatic heterocycles. The number of sulfonamides is 1. The fraction of sp³-hybridized carbons (Fsp3) is 0.333. The van der Waals surface area contributed by atoms with Gasteiger partial charge >= 0.3 is 0 Å². The van der Waals surface area contributed by atoms with E-state index in [9.17, 15) is 8.42 Å². The van der Waals surface area contributed by atoms with E-state index >= 15 is 0 Å². The Bertz CT molecular complexity index is 881. The maximum absolute atomic E-state index is 12.9. The van der Waals surface area contributed by atoms with Crippen molar-refractivity contribution in [1.82, 2.24) is 4.31 Å². The molecule has 2 aromatic rings. The summed E-state index contributed by atoms with van der Waals surface area (Å²) in [5.74, 6) is 1.53. The smallest absolute Gasteiger partial charge is 0.243 e. The number of hydrogen-bond acceptors (Lipinski definition) is 5. The average molecular weight is 380 g/mol. The van der Waals surface area contributed by atoms with Gasteiger partial charge in [-0.3, -0.25) is 0 Å². The third-order valence-corrected chi connectivity index (χ3v) is 6.80. The van der Waals surface area contributed by atoms with Crippen molar-refractivity contribution < 1.29 is 17.9 Å². The topological polar surface area (TPSA) is 55.8 Å². The van der Waals surface area contributed by atoms with Crippen molar-refractivity contribution in [3.8, 4) is 11.5 Å². The highest BCUT2D eigenvalue weighted by molar-refractivity contribution is 7.98. The van der Waals surface area contributed by atoms with E-state index in [0.717, 1.165) is 33.9 Å². The number of thioether (sulfide) groups is 1. The highest BCUT2D eigenvalue weighted by Crippen LogP contribution is 2.31. The van der Waals surface area contributed by atoms with Crippen LogP contribution in [0.4, 0.5) is 0 Å². The lowest BCUT2D eigenvalue weighted by Crippen LogP contribution is -2.26. The number of rotatable bonds is 6. The van der Waals surface area contributed by atoms with Crippen LogP contribution in [-0.2, 0) is 23.0 Å². The molecule has 2 aromatic carbocycles. The highest BCUT2D eigenvalue weighted by atomic mass is 32.2. The molecule has 25 heavy (non-hydrogen) atoms. The van der Waals surface area contributed by atoms with E-state index < -0.39 is 10.0 Å². The van der Waals surface area contributed by atoms with E-state index in [0.29, 0.717) is 11.5 Å². The summed E-state index contributed by atoms with van der Waals surface area (Å²) in [5, 5.41) is 0.